The second-order valence-corrected chi connectivity index (χ2v) is 11.9. The van der Waals surface area contributed by atoms with Gasteiger partial charge in [0, 0.05) is 23.0 Å². The van der Waals surface area contributed by atoms with Gasteiger partial charge in [-0.15, -0.1) is 11.3 Å². The van der Waals surface area contributed by atoms with Gasteiger partial charge in [-0.3, -0.25) is 14.4 Å². The minimum atomic E-state index is -1.25. The summed E-state index contributed by atoms with van der Waals surface area (Å²) >= 11 is 7.64. The van der Waals surface area contributed by atoms with Gasteiger partial charge in [0.25, 0.3) is 0 Å². The van der Waals surface area contributed by atoms with Crippen LogP contribution in [0.5, 0.6) is 0 Å². The predicted molar refractivity (Wildman–Crippen MR) is 149 cm³/mol. The lowest BCUT2D eigenvalue weighted by atomic mass is 9.70. The van der Waals surface area contributed by atoms with Crippen molar-refractivity contribution >= 4 is 40.7 Å². The molecular formula is C30H28ClN3O4S. The zero-order valence-electron chi connectivity index (χ0n) is 21.3. The van der Waals surface area contributed by atoms with Crippen LogP contribution >= 0.6 is 22.9 Å². The second kappa shape index (κ2) is 9.93. The molecule has 6 rings (SSSR count). The van der Waals surface area contributed by atoms with Crippen LogP contribution in [-0.4, -0.2) is 39.9 Å². The molecule has 0 saturated carbocycles. The van der Waals surface area contributed by atoms with Crippen molar-refractivity contribution in [1.29, 1.82) is 0 Å². The smallest absolute Gasteiger partial charge is 0.246 e. The van der Waals surface area contributed by atoms with Crippen LogP contribution in [0.15, 0.2) is 84.3 Å². The highest BCUT2D eigenvalue weighted by atomic mass is 35.5. The van der Waals surface area contributed by atoms with Crippen molar-refractivity contribution in [1.82, 2.24) is 15.5 Å². The van der Waals surface area contributed by atoms with Crippen LogP contribution in [0.2, 0.25) is 5.02 Å². The Balaban J connectivity index is 1.32. The molecule has 2 saturated heterocycles. The second-order valence-electron chi connectivity index (χ2n) is 10.4. The van der Waals surface area contributed by atoms with Gasteiger partial charge in [-0.25, -0.2) is 0 Å². The van der Waals surface area contributed by atoms with Crippen molar-refractivity contribution in [2.24, 2.45) is 11.8 Å². The quantitative estimate of drug-likeness (QED) is 0.406. The minimum Gasteiger partial charge on any atom is -0.356 e. The number of benzene rings is 2. The fraction of sp³-hybridized carbons (Fsp3) is 0.300. The maximum Gasteiger partial charge on any atom is 0.246 e. The van der Waals surface area contributed by atoms with Crippen molar-refractivity contribution in [3.63, 3.8) is 0 Å². The standard InChI is InChI=1S/C30H28ClN3O4S/c1-29-13-14-30(38-29)24(23(29)26(35)33-17-22-8-5-15-39-22)28(37)34(18-20-9-11-21(31)12-10-20)25(30)27(36)32-16-19-6-3-2-4-7-19/h2-15,23-25H,16-18H2,1H3,(H,32,36)(H,33,35). The molecule has 2 N–H and O–H groups in total. The number of ether oxygens (including phenoxy) is 1. The van der Waals surface area contributed by atoms with Crippen LogP contribution < -0.4 is 10.6 Å². The lowest BCUT2D eigenvalue weighted by Crippen LogP contribution is -2.54. The first-order chi connectivity index (χ1) is 18.8. The normalized spacial score (nSPS) is 28.5. The van der Waals surface area contributed by atoms with Gasteiger partial charge in [-0.1, -0.05) is 72.3 Å². The predicted octanol–water partition coefficient (Wildman–Crippen LogP) is 4.08. The number of carbonyl (C=O) groups is 3. The highest BCUT2D eigenvalue weighted by Crippen LogP contribution is 2.59. The molecule has 4 heterocycles. The summed E-state index contributed by atoms with van der Waals surface area (Å²) in [6.07, 6.45) is 3.67. The minimum absolute atomic E-state index is 0.190. The summed E-state index contributed by atoms with van der Waals surface area (Å²) in [5, 5.41) is 8.55. The van der Waals surface area contributed by atoms with E-state index in [0.29, 0.717) is 18.1 Å². The lowest BCUT2D eigenvalue weighted by molar-refractivity contribution is -0.145. The largest absolute Gasteiger partial charge is 0.356 e. The zero-order valence-corrected chi connectivity index (χ0v) is 22.9. The Morgan fingerprint density at radius 2 is 1.69 bits per heavy atom. The molecule has 1 spiro atoms. The van der Waals surface area contributed by atoms with E-state index in [1.165, 1.54) is 0 Å². The van der Waals surface area contributed by atoms with Gasteiger partial charge in [-0.05, 0) is 41.6 Å². The van der Waals surface area contributed by atoms with E-state index in [2.05, 4.69) is 10.6 Å². The van der Waals surface area contributed by atoms with Gasteiger partial charge in [0.1, 0.15) is 11.6 Å². The number of likely N-dealkylation sites (tertiary alicyclic amines) is 1. The number of rotatable bonds is 8. The molecule has 0 aliphatic carbocycles. The summed E-state index contributed by atoms with van der Waals surface area (Å²) in [7, 11) is 0. The fourth-order valence-corrected chi connectivity index (χ4v) is 6.94. The van der Waals surface area contributed by atoms with Gasteiger partial charge in [0.15, 0.2) is 0 Å². The Morgan fingerprint density at radius 1 is 0.949 bits per heavy atom. The number of halogens is 1. The van der Waals surface area contributed by atoms with E-state index in [4.69, 9.17) is 16.3 Å². The van der Waals surface area contributed by atoms with E-state index in [-0.39, 0.29) is 24.3 Å². The van der Waals surface area contributed by atoms with E-state index >= 15 is 0 Å². The molecule has 2 fully saturated rings. The van der Waals surface area contributed by atoms with E-state index in [1.807, 2.05) is 79.1 Å². The molecule has 2 bridgehead atoms. The Bertz CT molecular complexity index is 1430. The number of fused-ring (bicyclic) bond motifs is 1. The first-order valence-corrected chi connectivity index (χ1v) is 14.1. The van der Waals surface area contributed by atoms with E-state index in [0.717, 1.165) is 16.0 Å². The molecule has 9 heteroatoms. The maximum absolute atomic E-state index is 14.2. The highest BCUT2D eigenvalue weighted by molar-refractivity contribution is 7.09. The molecule has 5 atom stereocenters. The molecule has 1 aromatic heterocycles. The SMILES string of the molecule is CC12C=CC3(O1)C(C(=O)N(Cc1ccc(Cl)cc1)C3C(=O)NCc1ccccc1)C2C(=O)NCc1cccs1. The van der Waals surface area contributed by atoms with Crippen LogP contribution in [0.4, 0.5) is 0 Å². The Hall–Kier alpha value is -3.46. The maximum atomic E-state index is 14.2. The van der Waals surface area contributed by atoms with Crippen LogP contribution in [-0.2, 0) is 38.8 Å². The summed E-state index contributed by atoms with van der Waals surface area (Å²) in [5.41, 5.74) is -0.472. The summed E-state index contributed by atoms with van der Waals surface area (Å²) in [4.78, 5) is 44.2. The summed E-state index contributed by atoms with van der Waals surface area (Å²) < 4.78 is 6.57. The van der Waals surface area contributed by atoms with Gasteiger partial charge >= 0.3 is 0 Å². The number of hydrogen-bond acceptors (Lipinski definition) is 5. The number of nitrogens with zero attached hydrogens (tertiary/aromatic N) is 1. The average Bonchev–Trinajstić information content (AvgIpc) is 3.68. The van der Waals surface area contributed by atoms with E-state index in [9.17, 15) is 14.4 Å². The number of thiophene rings is 1. The third kappa shape index (κ3) is 4.46. The molecule has 5 unspecified atom stereocenters. The van der Waals surface area contributed by atoms with Crippen molar-refractivity contribution in [2.75, 3.05) is 0 Å². The molecule has 2 aromatic carbocycles. The average molecular weight is 562 g/mol. The molecule has 0 radical (unpaired) electrons. The summed E-state index contributed by atoms with van der Waals surface area (Å²) in [5.74, 6) is -2.44. The van der Waals surface area contributed by atoms with Gasteiger partial charge in [0.2, 0.25) is 17.7 Å². The third-order valence-corrected chi connectivity index (χ3v) is 9.05. The molecule has 7 nitrogen and oxygen atoms in total. The third-order valence-electron chi connectivity index (χ3n) is 7.92. The Kier molecular flexibility index (Phi) is 6.57. The van der Waals surface area contributed by atoms with Crippen molar-refractivity contribution in [2.45, 2.75) is 43.8 Å². The zero-order chi connectivity index (χ0) is 27.2. The Labute approximate surface area is 235 Å². The molecule has 39 heavy (non-hydrogen) atoms. The van der Waals surface area contributed by atoms with Crippen LogP contribution in [0.1, 0.15) is 22.9 Å². The molecular weight excluding hydrogens is 534 g/mol. The monoisotopic (exact) mass is 561 g/mol. The van der Waals surface area contributed by atoms with Crippen molar-refractivity contribution < 1.29 is 19.1 Å². The first-order valence-electron chi connectivity index (χ1n) is 12.9. The Morgan fingerprint density at radius 3 is 2.41 bits per heavy atom. The summed E-state index contributed by atoms with van der Waals surface area (Å²) in [6, 6.07) is 19.7. The number of amides is 3. The molecule has 3 aliphatic heterocycles. The van der Waals surface area contributed by atoms with Crippen LogP contribution in [0, 0.1) is 11.8 Å². The molecule has 200 valence electrons. The lowest BCUT2D eigenvalue weighted by Gasteiger charge is -2.33. The van der Waals surface area contributed by atoms with E-state index < -0.39 is 29.1 Å². The van der Waals surface area contributed by atoms with Gasteiger partial charge in [-0.2, -0.15) is 0 Å². The molecule has 3 amide bonds. The topological polar surface area (TPSA) is 87.7 Å². The van der Waals surface area contributed by atoms with Gasteiger partial charge in [0.05, 0.1) is 24.0 Å². The number of carbonyl (C=O) groups excluding carboxylic acids is 3. The summed E-state index contributed by atoms with van der Waals surface area (Å²) in [6.45, 7) is 2.69. The van der Waals surface area contributed by atoms with Crippen molar-refractivity contribution in [3.05, 3.63) is 105 Å². The molecule has 3 aromatic rings. The first kappa shape index (κ1) is 25.8. The number of hydrogen-bond donors (Lipinski definition) is 2. The van der Waals surface area contributed by atoms with Gasteiger partial charge < -0.3 is 20.3 Å². The number of nitrogens with one attached hydrogen (secondary N) is 2. The van der Waals surface area contributed by atoms with Crippen LogP contribution in [0.25, 0.3) is 0 Å². The highest BCUT2D eigenvalue weighted by Gasteiger charge is 2.76. The van der Waals surface area contributed by atoms with Crippen LogP contribution in [0.3, 0.4) is 0 Å². The molecule has 3 aliphatic rings. The van der Waals surface area contributed by atoms with E-state index in [1.54, 1.807) is 28.4 Å². The van der Waals surface area contributed by atoms with Crippen molar-refractivity contribution in [3.8, 4) is 0 Å². The fourth-order valence-electron chi connectivity index (χ4n) is 6.17.